The van der Waals surface area contributed by atoms with Gasteiger partial charge in [-0.15, -0.1) is 0 Å². The average molecular weight is 292 g/mol. The lowest BCUT2D eigenvalue weighted by atomic mass is 10.1. The maximum atomic E-state index is 10.9. The lowest BCUT2D eigenvalue weighted by Crippen LogP contribution is -2.17. The second-order valence-electron chi connectivity index (χ2n) is 5.91. The molecule has 1 fully saturated rings. The van der Waals surface area contributed by atoms with Gasteiger partial charge in [-0.1, -0.05) is 20.3 Å². The zero-order valence-corrected chi connectivity index (χ0v) is 12.8. The first-order valence-electron chi connectivity index (χ1n) is 7.73. The average Bonchev–Trinajstić information content (AvgIpc) is 3.27. The number of nitro groups is 1. The monoisotopic (exact) mass is 292 g/mol. The van der Waals surface area contributed by atoms with Crippen LogP contribution in [-0.4, -0.2) is 17.6 Å². The highest BCUT2D eigenvalue weighted by Crippen LogP contribution is 2.27. The molecule has 1 unspecified atom stereocenters. The van der Waals surface area contributed by atoms with E-state index in [-0.39, 0.29) is 10.6 Å². The van der Waals surface area contributed by atoms with E-state index < -0.39 is 0 Å². The van der Waals surface area contributed by atoms with Crippen molar-refractivity contribution in [2.75, 3.05) is 6.61 Å². The summed E-state index contributed by atoms with van der Waals surface area (Å²) in [6.07, 6.45) is 4.65. The Balaban J connectivity index is 2.03. The molecule has 0 aromatic heterocycles. The van der Waals surface area contributed by atoms with Crippen molar-refractivity contribution < 1.29 is 9.66 Å². The zero-order chi connectivity index (χ0) is 15.2. The summed E-state index contributed by atoms with van der Waals surface area (Å²) in [7, 11) is 0. The molecule has 1 N–H and O–H groups in total. The van der Waals surface area contributed by atoms with Crippen molar-refractivity contribution in [3.05, 3.63) is 33.9 Å². The molecule has 1 saturated carbocycles. The molecule has 0 bridgehead atoms. The normalized spacial score (nSPS) is 15.7. The van der Waals surface area contributed by atoms with Gasteiger partial charge in [-0.05, 0) is 31.2 Å². The van der Waals surface area contributed by atoms with Crippen LogP contribution >= 0.6 is 0 Å². The third-order valence-electron chi connectivity index (χ3n) is 3.72. The van der Waals surface area contributed by atoms with E-state index >= 15 is 0 Å². The molecule has 0 spiro atoms. The molecule has 1 aromatic carbocycles. The molecule has 1 aromatic rings. The van der Waals surface area contributed by atoms with Crippen molar-refractivity contribution in [1.82, 2.24) is 5.32 Å². The smallest absolute Gasteiger partial charge is 0.270 e. The Labute approximate surface area is 125 Å². The number of hydrogen-bond donors (Lipinski definition) is 1. The van der Waals surface area contributed by atoms with Crippen LogP contribution < -0.4 is 10.1 Å². The highest BCUT2D eigenvalue weighted by Gasteiger charge is 2.21. The predicted octanol–water partition coefficient (Wildman–Crippen LogP) is 3.66. The maximum Gasteiger partial charge on any atom is 0.270 e. The minimum Gasteiger partial charge on any atom is -0.493 e. The Morgan fingerprint density at radius 1 is 1.48 bits per heavy atom. The third-order valence-corrected chi connectivity index (χ3v) is 3.72. The number of benzene rings is 1. The number of rotatable bonds is 9. The zero-order valence-electron chi connectivity index (χ0n) is 12.8. The fourth-order valence-electron chi connectivity index (χ4n) is 2.31. The quantitative estimate of drug-likeness (QED) is 0.557. The molecule has 116 valence electrons. The summed E-state index contributed by atoms with van der Waals surface area (Å²) >= 11 is 0. The molecule has 0 radical (unpaired) electrons. The lowest BCUT2D eigenvalue weighted by molar-refractivity contribution is -0.384. The molecule has 0 heterocycles. The number of non-ortho nitro benzene ring substituents is 1. The van der Waals surface area contributed by atoms with Gasteiger partial charge in [-0.3, -0.25) is 10.1 Å². The van der Waals surface area contributed by atoms with Crippen LogP contribution in [0.5, 0.6) is 5.75 Å². The van der Waals surface area contributed by atoms with Gasteiger partial charge in [0.1, 0.15) is 5.75 Å². The van der Waals surface area contributed by atoms with Gasteiger partial charge in [-0.25, -0.2) is 0 Å². The standard InChI is InChI=1S/C16H24N2O3/c1-3-4-12(2)11-21-16-8-7-15(18(19)20)9-13(16)10-17-14-5-6-14/h7-9,12,14,17H,3-6,10-11H2,1-2H3. The van der Waals surface area contributed by atoms with Crippen LogP contribution in [0.25, 0.3) is 0 Å². The SMILES string of the molecule is CCCC(C)COc1ccc([N+](=O)[O-])cc1CNC1CC1. The van der Waals surface area contributed by atoms with Crippen molar-refractivity contribution in [3.63, 3.8) is 0 Å². The Hall–Kier alpha value is -1.62. The van der Waals surface area contributed by atoms with E-state index in [1.54, 1.807) is 12.1 Å². The number of ether oxygens (including phenoxy) is 1. The van der Waals surface area contributed by atoms with Crippen molar-refractivity contribution in [2.24, 2.45) is 5.92 Å². The molecule has 5 heteroatoms. The molecule has 0 saturated heterocycles. The molecule has 1 aliphatic carbocycles. The summed E-state index contributed by atoms with van der Waals surface area (Å²) in [4.78, 5) is 10.6. The number of hydrogen-bond acceptors (Lipinski definition) is 4. The summed E-state index contributed by atoms with van der Waals surface area (Å²) in [5.74, 6) is 1.26. The van der Waals surface area contributed by atoms with Crippen LogP contribution in [0.15, 0.2) is 18.2 Å². The minimum absolute atomic E-state index is 0.122. The van der Waals surface area contributed by atoms with Gasteiger partial charge < -0.3 is 10.1 Å². The van der Waals surface area contributed by atoms with Crippen LogP contribution in [0.2, 0.25) is 0 Å². The third kappa shape index (κ3) is 5.01. The molecule has 2 rings (SSSR count). The lowest BCUT2D eigenvalue weighted by Gasteiger charge is -2.15. The minimum atomic E-state index is -0.357. The fourth-order valence-corrected chi connectivity index (χ4v) is 2.31. The molecule has 0 aliphatic heterocycles. The van der Waals surface area contributed by atoms with E-state index in [1.165, 1.54) is 18.9 Å². The Morgan fingerprint density at radius 3 is 2.86 bits per heavy atom. The van der Waals surface area contributed by atoms with Crippen molar-refractivity contribution in [2.45, 2.75) is 52.1 Å². The molecular formula is C16H24N2O3. The molecular weight excluding hydrogens is 268 g/mol. The summed E-state index contributed by atoms with van der Waals surface area (Å²) in [5, 5.41) is 14.3. The van der Waals surface area contributed by atoms with Crippen molar-refractivity contribution in [3.8, 4) is 5.75 Å². The van der Waals surface area contributed by atoms with Crippen molar-refractivity contribution in [1.29, 1.82) is 0 Å². The predicted molar refractivity (Wildman–Crippen MR) is 82.5 cm³/mol. The summed E-state index contributed by atoms with van der Waals surface area (Å²) in [5.41, 5.74) is 0.997. The highest BCUT2D eigenvalue weighted by atomic mass is 16.6. The summed E-state index contributed by atoms with van der Waals surface area (Å²) in [6, 6.07) is 5.42. The molecule has 21 heavy (non-hydrogen) atoms. The summed E-state index contributed by atoms with van der Waals surface area (Å²) in [6.45, 7) is 5.61. The second kappa shape index (κ2) is 7.41. The second-order valence-corrected chi connectivity index (χ2v) is 5.91. The van der Waals surface area contributed by atoms with Crippen LogP contribution in [0, 0.1) is 16.0 Å². The van der Waals surface area contributed by atoms with E-state index in [4.69, 9.17) is 4.74 Å². The van der Waals surface area contributed by atoms with Gasteiger partial charge in [0.25, 0.3) is 5.69 Å². The van der Waals surface area contributed by atoms with E-state index in [1.807, 2.05) is 0 Å². The van der Waals surface area contributed by atoms with Crippen LogP contribution in [0.4, 0.5) is 5.69 Å². The largest absolute Gasteiger partial charge is 0.493 e. The van der Waals surface area contributed by atoms with Crippen molar-refractivity contribution >= 4 is 5.69 Å². The Kier molecular flexibility index (Phi) is 5.56. The van der Waals surface area contributed by atoms with Gasteiger partial charge in [0.2, 0.25) is 0 Å². The fraction of sp³-hybridized carbons (Fsp3) is 0.625. The first-order chi connectivity index (χ1) is 10.1. The van der Waals surface area contributed by atoms with Crippen LogP contribution in [0.3, 0.4) is 0 Å². The first kappa shape index (κ1) is 15.8. The number of nitrogens with one attached hydrogen (secondary N) is 1. The van der Waals surface area contributed by atoms with Crippen LogP contribution in [-0.2, 0) is 6.54 Å². The molecule has 1 aliphatic rings. The maximum absolute atomic E-state index is 10.9. The van der Waals surface area contributed by atoms with Crippen LogP contribution in [0.1, 0.15) is 45.1 Å². The molecule has 5 nitrogen and oxygen atoms in total. The van der Waals surface area contributed by atoms with E-state index in [0.717, 1.165) is 24.2 Å². The van der Waals surface area contributed by atoms with E-state index in [9.17, 15) is 10.1 Å². The highest BCUT2D eigenvalue weighted by molar-refractivity contribution is 5.43. The first-order valence-corrected chi connectivity index (χ1v) is 7.73. The Morgan fingerprint density at radius 2 is 2.24 bits per heavy atom. The van der Waals surface area contributed by atoms with Gasteiger partial charge in [0.05, 0.1) is 11.5 Å². The Bertz CT molecular complexity index is 486. The van der Waals surface area contributed by atoms with Gasteiger partial charge in [0.15, 0.2) is 0 Å². The molecule has 0 amide bonds. The van der Waals surface area contributed by atoms with Gasteiger partial charge >= 0.3 is 0 Å². The summed E-state index contributed by atoms with van der Waals surface area (Å²) < 4.78 is 5.88. The van der Waals surface area contributed by atoms with E-state index in [2.05, 4.69) is 19.2 Å². The van der Waals surface area contributed by atoms with E-state index in [0.29, 0.717) is 25.1 Å². The number of nitro benzene ring substituents is 1. The van der Waals surface area contributed by atoms with Gasteiger partial charge in [0, 0.05) is 30.3 Å². The number of nitrogens with zero attached hydrogens (tertiary/aromatic N) is 1. The molecule has 1 atom stereocenters. The van der Waals surface area contributed by atoms with Gasteiger partial charge in [-0.2, -0.15) is 0 Å². The topological polar surface area (TPSA) is 64.4 Å².